The molecule has 0 aliphatic carbocycles. The fraction of sp³-hybridized carbons (Fsp3) is 0.455. The van der Waals surface area contributed by atoms with Crippen LogP contribution in [0.4, 0.5) is 5.69 Å². The van der Waals surface area contributed by atoms with Gasteiger partial charge in [0.1, 0.15) is 5.52 Å². The van der Waals surface area contributed by atoms with E-state index in [1.807, 2.05) is 11.7 Å². The summed E-state index contributed by atoms with van der Waals surface area (Å²) in [5.41, 5.74) is 3.36. The Morgan fingerprint density at radius 1 is 1.20 bits per heavy atom. The Labute approximate surface area is 88.5 Å². The van der Waals surface area contributed by atoms with Gasteiger partial charge in [-0.15, -0.1) is 5.10 Å². The van der Waals surface area contributed by atoms with Crippen molar-refractivity contribution in [2.24, 2.45) is 7.05 Å². The molecule has 15 heavy (non-hydrogen) atoms. The maximum atomic E-state index is 4.14. The van der Waals surface area contributed by atoms with E-state index in [4.69, 9.17) is 0 Å². The molecule has 0 spiro atoms. The van der Waals surface area contributed by atoms with E-state index in [-0.39, 0.29) is 0 Å². The summed E-state index contributed by atoms with van der Waals surface area (Å²) in [7, 11) is 1.92. The zero-order chi connectivity index (χ0) is 10.3. The van der Waals surface area contributed by atoms with Crippen molar-refractivity contribution >= 4 is 16.7 Å². The minimum Gasteiger partial charge on any atom is -0.371 e. The number of aryl methyl sites for hydroxylation is 1. The van der Waals surface area contributed by atoms with Crippen LogP contribution in [0.1, 0.15) is 12.8 Å². The molecular formula is C11H14N4. The lowest BCUT2D eigenvalue weighted by atomic mass is 10.2. The second kappa shape index (κ2) is 3.22. The van der Waals surface area contributed by atoms with Crippen molar-refractivity contribution in [3.05, 3.63) is 18.2 Å². The van der Waals surface area contributed by atoms with Crippen LogP contribution < -0.4 is 4.90 Å². The lowest BCUT2D eigenvalue weighted by Gasteiger charge is -2.16. The maximum absolute atomic E-state index is 4.14. The Balaban J connectivity index is 2.05. The molecule has 1 saturated heterocycles. The largest absolute Gasteiger partial charge is 0.371 e. The Hall–Kier alpha value is -1.58. The van der Waals surface area contributed by atoms with Gasteiger partial charge in [0, 0.05) is 25.8 Å². The standard InChI is InChI=1S/C11H14N4/c1-14-11-5-4-9(8-10(11)12-13-14)15-6-2-3-7-15/h4-5,8H,2-3,6-7H2,1H3. The van der Waals surface area contributed by atoms with E-state index in [0.29, 0.717) is 0 Å². The molecule has 3 rings (SSSR count). The summed E-state index contributed by atoms with van der Waals surface area (Å²) in [6.45, 7) is 2.34. The molecule has 1 fully saturated rings. The summed E-state index contributed by atoms with van der Waals surface area (Å²) in [5.74, 6) is 0. The van der Waals surface area contributed by atoms with Gasteiger partial charge in [0.25, 0.3) is 0 Å². The van der Waals surface area contributed by atoms with Gasteiger partial charge in [0.15, 0.2) is 0 Å². The topological polar surface area (TPSA) is 34.0 Å². The van der Waals surface area contributed by atoms with Crippen molar-refractivity contribution in [1.29, 1.82) is 0 Å². The minimum absolute atomic E-state index is 0.988. The third-order valence-corrected chi connectivity index (χ3v) is 3.07. The van der Waals surface area contributed by atoms with Crippen LogP contribution in [-0.2, 0) is 7.05 Å². The van der Waals surface area contributed by atoms with Gasteiger partial charge in [-0.25, -0.2) is 4.68 Å². The SMILES string of the molecule is Cn1nnc2cc(N3CCCC3)ccc21. The lowest BCUT2D eigenvalue weighted by molar-refractivity contribution is 0.736. The number of fused-ring (bicyclic) bond motifs is 1. The molecule has 0 bridgehead atoms. The third kappa shape index (κ3) is 1.37. The molecule has 1 aliphatic rings. The summed E-state index contributed by atoms with van der Waals surface area (Å²) in [6.07, 6.45) is 2.61. The Morgan fingerprint density at radius 3 is 2.80 bits per heavy atom. The summed E-state index contributed by atoms with van der Waals surface area (Å²) in [4.78, 5) is 2.41. The van der Waals surface area contributed by atoms with Gasteiger partial charge < -0.3 is 4.90 Å². The molecule has 4 nitrogen and oxygen atoms in total. The smallest absolute Gasteiger partial charge is 0.115 e. The van der Waals surface area contributed by atoms with Gasteiger partial charge in [-0.1, -0.05) is 5.21 Å². The molecule has 0 unspecified atom stereocenters. The first-order valence-electron chi connectivity index (χ1n) is 5.39. The van der Waals surface area contributed by atoms with E-state index in [9.17, 15) is 0 Å². The number of hydrogen-bond acceptors (Lipinski definition) is 3. The van der Waals surface area contributed by atoms with Gasteiger partial charge in [0.05, 0.1) is 5.52 Å². The highest BCUT2D eigenvalue weighted by Gasteiger charge is 2.13. The molecule has 1 aliphatic heterocycles. The number of hydrogen-bond donors (Lipinski definition) is 0. The van der Waals surface area contributed by atoms with Crippen molar-refractivity contribution in [3.8, 4) is 0 Å². The van der Waals surface area contributed by atoms with Crippen molar-refractivity contribution < 1.29 is 0 Å². The van der Waals surface area contributed by atoms with Crippen molar-refractivity contribution in [1.82, 2.24) is 15.0 Å². The third-order valence-electron chi connectivity index (χ3n) is 3.07. The monoisotopic (exact) mass is 202 g/mol. The lowest BCUT2D eigenvalue weighted by Crippen LogP contribution is -2.17. The van der Waals surface area contributed by atoms with E-state index in [1.165, 1.54) is 31.6 Å². The number of rotatable bonds is 1. The van der Waals surface area contributed by atoms with Gasteiger partial charge in [-0.05, 0) is 31.0 Å². The van der Waals surface area contributed by atoms with Crippen LogP contribution in [0.5, 0.6) is 0 Å². The highest BCUT2D eigenvalue weighted by atomic mass is 15.4. The van der Waals surface area contributed by atoms with Crippen LogP contribution in [0, 0.1) is 0 Å². The van der Waals surface area contributed by atoms with Crippen LogP contribution in [0.15, 0.2) is 18.2 Å². The van der Waals surface area contributed by atoms with Crippen LogP contribution in [0.3, 0.4) is 0 Å². The molecule has 1 aromatic heterocycles. The van der Waals surface area contributed by atoms with E-state index in [0.717, 1.165) is 11.0 Å². The van der Waals surface area contributed by atoms with Crippen LogP contribution >= 0.6 is 0 Å². The molecule has 0 radical (unpaired) electrons. The second-order valence-corrected chi connectivity index (χ2v) is 4.08. The average molecular weight is 202 g/mol. The molecule has 2 aromatic rings. The van der Waals surface area contributed by atoms with Gasteiger partial charge >= 0.3 is 0 Å². The van der Waals surface area contributed by atoms with Crippen LogP contribution in [-0.4, -0.2) is 28.1 Å². The zero-order valence-electron chi connectivity index (χ0n) is 8.85. The molecule has 0 amide bonds. The Morgan fingerprint density at radius 2 is 2.00 bits per heavy atom. The number of anilines is 1. The first-order valence-corrected chi connectivity index (χ1v) is 5.39. The van der Waals surface area contributed by atoms with Crippen LogP contribution in [0.2, 0.25) is 0 Å². The number of nitrogens with zero attached hydrogens (tertiary/aromatic N) is 4. The zero-order valence-corrected chi connectivity index (χ0v) is 8.85. The molecule has 0 atom stereocenters. The van der Waals surface area contributed by atoms with E-state index in [2.05, 4.69) is 33.4 Å². The number of benzene rings is 1. The average Bonchev–Trinajstić information content (AvgIpc) is 2.88. The quantitative estimate of drug-likeness (QED) is 0.704. The molecule has 78 valence electrons. The van der Waals surface area contributed by atoms with E-state index >= 15 is 0 Å². The molecular weight excluding hydrogens is 188 g/mol. The number of aromatic nitrogens is 3. The van der Waals surface area contributed by atoms with Gasteiger partial charge in [-0.3, -0.25) is 0 Å². The predicted molar refractivity (Wildman–Crippen MR) is 60.0 cm³/mol. The fourth-order valence-corrected chi connectivity index (χ4v) is 2.20. The van der Waals surface area contributed by atoms with Crippen molar-refractivity contribution in [2.45, 2.75) is 12.8 Å². The summed E-state index contributed by atoms with van der Waals surface area (Å²) >= 11 is 0. The van der Waals surface area contributed by atoms with E-state index < -0.39 is 0 Å². The maximum Gasteiger partial charge on any atom is 0.115 e. The molecule has 4 heteroatoms. The molecule has 1 aromatic carbocycles. The molecule has 0 N–H and O–H groups in total. The summed E-state index contributed by atoms with van der Waals surface area (Å²) < 4.78 is 1.81. The fourth-order valence-electron chi connectivity index (χ4n) is 2.20. The first kappa shape index (κ1) is 8.71. The normalized spacial score (nSPS) is 16.5. The van der Waals surface area contributed by atoms with Gasteiger partial charge in [-0.2, -0.15) is 0 Å². The first-order chi connectivity index (χ1) is 7.34. The second-order valence-electron chi connectivity index (χ2n) is 4.08. The van der Waals surface area contributed by atoms with Crippen molar-refractivity contribution in [2.75, 3.05) is 18.0 Å². The van der Waals surface area contributed by atoms with Crippen molar-refractivity contribution in [3.63, 3.8) is 0 Å². The predicted octanol–water partition coefficient (Wildman–Crippen LogP) is 1.57. The van der Waals surface area contributed by atoms with E-state index in [1.54, 1.807) is 0 Å². The highest BCUT2D eigenvalue weighted by molar-refractivity contribution is 5.78. The van der Waals surface area contributed by atoms with Crippen LogP contribution in [0.25, 0.3) is 11.0 Å². The minimum atomic E-state index is 0.988. The summed E-state index contributed by atoms with van der Waals surface area (Å²) in [5, 5.41) is 8.15. The summed E-state index contributed by atoms with van der Waals surface area (Å²) in [6, 6.07) is 6.40. The molecule has 2 heterocycles. The Bertz CT molecular complexity index is 482. The Kier molecular flexibility index (Phi) is 1.87. The highest BCUT2D eigenvalue weighted by Crippen LogP contribution is 2.23. The van der Waals surface area contributed by atoms with Gasteiger partial charge in [0.2, 0.25) is 0 Å². The molecule has 0 saturated carbocycles.